The van der Waals surface area contributed by atoms with E-state index >= 15 is 0 Å². The fourth-order valence-corrected chi connectivity index (χ4v) is 4.05. The molecule has 3 aromatic rings. The van der Waals surface area contributed by atoms with Crippen molar-refractivity contribution in [2.45, 2.75) is 9.37 Å². The number of hydrogen-bond acceptors (Lipinski definition) is 9. The summed E-state index contributed by atoms with van der Waals surface area (Å²) in [4.78, 5) is 11.3. The number of aromatic nitrogens is 4. The van der Waals surface area contributed by atoms with Gasteiger partial charge in [-0.15, -0.1) is 21.5 Å². The molecular weight excluding hydrogens is 300 g/mol. The first-order valence-electron chi connectivity index (χ1n) is 5.33. The molecule has 0 atom stereocenters. The monoisotopic (exact) mass is 310 g/mol. The topological polar surface area (TPSA) is 80.8 Å². The van der Waals surface area contributed by atoms with Crippen LogP contribution in [0.3, 0.4) is 0 Å². The van der Waals surface area contributed by atoms with Crippen LogP contribution >= 0.6 is 34.4 Å². The van der Waals surface area contributed by atoms with Crippen molar-refractivity contribution in [2.24, 2.45) is 0 Å². The molecule has 0 fully saturated rings. The third kappa shape index (κ3) is 2.48. The molecular formula is C10H10N6S3. The molecule has 0 radical (unpaired) electrons. The van der Waals surface area contributed by atoms with Gasteiger partial charge in [0, 0.05) is 19.5 Å². The van der Waals surface area contributed by atoms with E-state index in [1.807, 2.05) is 30.4 Å². The van der Waals surface area contributed by atoms with Crippen molar-refractivity contribution < 1.29 is 0 Å². The molecule has 3 rings (SSSR count). The molecule has 3 heterocycles. The van der Waals surface area contributed by atoms with Gasteiger partial charge in [-0.3, -0.25) is 0 Å². The van der Waals surface area contributed by atoms with Gasteiger partial charge in [-0.25, -0.2) is 9.97 Å². The molecule has 0 amide bonds. The zero-order valence-electron chi connectivity index (χ0n) is 10.2. The molecule has 0 aliphatic heterocycles. The number of anilines is 2. The molecule has 0 aromatic carbocycles. The van der Waals surface area contributed by atoms with Gasteiger partial charge >= 0.3 is 0 Å². The van der Waals surface area contributed by atoms with Gasteiger partial charge in [0.05, 0.1) is 0 Å². The number of rotatable bonds is 3. The summed E-state index contributed by atoms with van der Waals surface area (Å²) >= 11 is 4.54. The van der Waals surface area contributed by atoms with E-state index in [4.69, 9.17) is 5.73 Å². The highest BCUT2D eigenvalue weighted by Crippen LogP contribution is 2.36. The third-order valence-electron chi connectivity index (χ3n) is 2.27. The Morgan fingerprint density at radius 3 is 2.84 bits per heavy atom. The summed E-state index contributed by atoms with van der Waals surface area (Å²) in [6.07, 6.45) is 0. The molecule has 0 bridgehead atoms. The van der Waals surface area contributed by atoms with Gasteiger partial charge in [0.25, 0.3) is 0 Å². The minimum Gasteiger partial charge on any atom is -0.368 e. The maximum Gasteiger partial charge on any atom is 0.222 e. The lowest BCUT2D eigenvalue weighted by Crippen LogP contribution is -2.07. The predicted molar refractivity (Wildman–Crippen MR) is 80.2 cm³/mol. The maximum absolute atomic E-state index is 5.72. The van der Waals surface area contributed by atoms with Crippen LogP contribution in [0.15, 0.2) is 20.8 Å². The molecule has 0 spiro atoms. The summed E-state index contributed by atoms with van der Waals surface area (Å²) in [5.74, 6) is 0.287. The molecule has 0 saturated heterocycles. The Hall–Kier alpha value is -1.45. The molecule has 0 aliphatic carbocycles. The third-order valence-corrected chi connectivity index (χ3v) is 5.22. The fraction of sp³-hybridized carbons (Fsp3) is 0.200. The lowest BCUT2D eigenvalue weighted by molar-refractivity contribution is 0.971. The second kappa shape index (κ2) is 4.91. The Morgan fingerprint density at radius 2 is 2.11 bits per heavy atom. The number of fused-ring (bicyclic) bond motifs is 1. The molecule has 98 valence electrons. The first-order chi connectivity index (χ1) is 9.13. The minimum atomic E-state index is 0.287. The Labute approximate surface area is 121 Å². The van der Waals surface area contributed by atoms with E-state index in [0.717, 1.165) is 24.7 Å². The summed E-state index contributed by atoms with van der Waals surface area (Å²) in [5, 5.41) is 12.9. The summed E-state index contributed by atoms with van der Waals surface area (Å²) in [6.45, 7) is 0. The maximum atomic E-state index is 5.72. The van der Waals surface area contributed by atoms with E-state index in [1.54, 1.807) is 11.3 Å². The van der Waals surface area contributed by atoms with Gasteiger partial charge in [-0.1, -0.05) is 11.3 Å². The van der Waals surface area contributed by atoms with E-state index in [-0.39, 0.29) is 5.95 Å². The van der Waals surface area contributed by atoms with Crippen molar-refractivity contribution >= 4 is 55.7 Å². The van der Waals surface area contributed by atoms with E-state index in [9.17, 15) is 0 Å². The first kappa shape index (κ1) is 12.6. The zero-order valence-corrected chi connectivity index (χ0v) is 12.6. The molecule has 0 saturated carbocycles. The van der Waals surface area contributed by atoms with Crippen molar-refractivity contribution in [1.29, 1.82) is 0 Å². The number of hydrogen-bond donors (Lipinski definition) is 1. The number of thiophene rings is 1. The van der Waals surface area contributed by atoms with Gasteiger partial charge < -0.3 is 10.6 Å². The molecule has 0 unspecified atom stereocenters. The standard InChI is InChI=1S/C10H10N6S3/c1-16(2)9-14-15-10(19-9)18-7-5-3-4-17-6(5)12-8(11)13-7/h3-4H,1-2H3,(H2,11,12,13). The largest absolute Gasteiger partial charge is 0.368 e. The van der Waals surface area contributed by atoms with Crippen LogP contribution in [0, 0.1) is 0 Å². The van der Waals surface area contributed by atoms with Crippen LogP contribution < -0.4 is 10.6 Å². The first-order valence-corrected chi connectivity index (χ1v) is 7.84. The second-order valence-electron chi connectivity index (χ2n) is 3.87. The van der Waals surface area contributed by atoms with Crippen molar-refractivity contribution in [3.8, 4) is 0 Å². The number of nitrogen functional groups attached to an aromatic ring is 1. The Kier molecular flexibility index (Phi) is 3.25. The lowest BCUT2D eigenvalue weighted by atomic mass is 10.4. The minimum absolute atomic E-state index is 0.287. The van der Waals surface area contributed by atoms with Crippen LogP contribution in [0.1, 0.15) is 0 Å². The van der Waals surface area contributed by atoms with Crippen LogP contribution in [-0.4, -0.2) is 34.3 Å². The van der Waals surface area contributed by atoms with E-state index in [2.05, 4.69) is 20.2 Å². The van der Waals surface area contributed by atoms with Crippen LogP contribution in [0.2, 0.25) is 0 Å². The van der Waals surface area contributed by atoms with Crippen molar-refractivity contribution in [2.75, 3.05) is 24.7 Å². The molecule has 19 heavy (non-hydrogen) atoms. The summed E-state index contributed by atoms with van der Waals surface area (Å²) in [5.41, 5.74) is 5.72. The molecule has 9 heteroatoms. The van der Waals surface area contributed by atoms with Crippen molar-refractivity contribution in [3.63, 3.8) is 0 Å². The average Bonchev–Trinajstić information content (AvgIpc) is 2.96. The average molecular weight is 310 g/mol. The van der Waals surface area contributed by atoms with Crippen LogP contribution in [-0.2, 0) is 0 Å². The van der Waals surface area contributed by atoms with Gasteiger partial charge in [0.2, 0.25) is 11.1 Å². The molecule has 3 aromatic heterocycles. The molecule has 2 N–H and O–H groups in total. The van der Waals surface area contributed by atoms with Crippen LogP contribution in [0.25, 0.3) is 10.2 Å². The van der Waals surface area contributed by atoms with Gasteiger partial charge in [0.1, 0.15) is 9.86 Å². The fourth-order valence-electron chi connectivity index (χ4n) is 1.43. The Bertz CT molecular complexity index is 719. The summed E-state index contributed by atoms with van der Waals surface area (Å²) < 4.78 is 0.842. The lowest BCUT2D eigenvalue weighted by Gasteiger charge is -2.03. The second-order valence-corrected chi connectivity index (χ2v) is 6.96. The highest BCUT2D eigenvalue weighted by Gasteiger charge is 2.13. The predicted octanol–water partition coefficient (Wildman–Crippen LogP) is 2.34. The van der Waals surface area contributed by atoms with Gasteiger partial charge in [0.15, 0.2) is 4.34 Å². The van der Waals surface area contributed by atoms with Crippen molar-refractivity contribution in [1.82, 2.24) is 20.2 Å². The highest BCUT2D eigenvalue weighted by atomic mass is 32.2. The number of nitrogens with zero attached hydrogens (tertiary/aromatic N) is 5. The smallest absolute Gasteiger partial charge is 0.222 e. The Balaban J connectivity index is 1.97. The van der Waals surface area contributed by atoms with Crippen LogP contribution in [0.5, 0.6) is 0 Å². The van der Waals surface area contributed by atoms with E-state index in [0.29, 0.717) is 0 Å². The quantitative estimate of drug-likeness (QED) is 0.744. The number of nitrogens with two attached hydrogens (primary N) is 1. The van der Waals surface area contributed by atoms with Crippen LogP contribution in [0.4, 0.5) is 11.1 Å². The van der Waals surface area contributed by atoms with Gasteiger partial charge in [-0.2, -0.15) is 0 Å². The summed E-state index contributed by atoms with van der Waals surface area (Å²) in [6, 6.07) is 2.00. The SMILES string of the molecule is CN(C)c1nnc(Sc2nc(N)nc3sccc23)s1. The van der Waals surface area contributed by atoms with E-state index < -0.39 is 0 Å². The zero-order chi connectivity index (χ0) is 13.4. The molecule has 0 aliphatic rings. The normalized spacial score (nSPS) is 11.1. The van der Waals surface area contributed by atoms with Gasteiger partial charge in [-0.05, 0) is 23.2 Å². The highest BCUT2D eigenvalue weighted by molar-refractivity contribution is 8.01. The molecule has 6 nitrogen and oxygen atoms in total. The Morgan fingerprint density at radius 1 is 1.26 bits per heavy atom. The van der Waals surface area contributed by atoms with E-state index in [1.165, 1.54) is 23.1 Å². The summed E-state index contributed by atoms with van der Waals surface area (Å²) in [7, 11) is 3.88. The van der Waals surface area contributed by atoms with Crippen molar-refractivity contribution in [3.05, 3.63) is 11.4 Å².